The van der Waals surface area contributed by atoms with Gasteiger partial charge in [-0.1, -0.05) is 98.3 Å². The Hall–Kier alpha value is -4.11. The number of hydrogen-bond donors (Lipinski definition) is 0. The SMILES string of the molecule is CCc1nc(CC)nc(-c2ccc3c(c2)C2(c4ccccc4-c4ccccc42)c2cc(C)ccc2-3)n1. The highest BCUT2D eigenvalue weighted by molar-refractivity contribution is 5.95. The first-order valence-corrected chi connectivity index (χ1v) is 12.8. The minimum absolute atomic E-state index is 0.353. The average molecular weight is 466 g/mol. The van der Waals surface area contributed by atoms with Gasteiger partial charge in [0.25, 0.3) is 0 Å². The van der Waals surface area contributed by atoms with Gasteiger partial charge in [0.1, 0.15) is 11.6 Å². The molecule has 2 aliphatic rings. The highest BCUT2D eigenvalue weighted by atomic mass is 15.0. The molecule has 2 aliphatic carbocycles. The van der Waals surface area contributed by atoms with Crippen LogP contribution in [0.3, 0.4) is 0 Å². The second-order valence-electron chi connectivity index (χ2n) is 9.85. The summed E-state index contributed by atoms with van der Waals surface area (Å²) < 4.78 is 0. The van der Waals surface area contributed by atoms with E-state index in [0.717, 1.165) is 35.9 Å². The van der Waals surface area contributed by atoms with E-state index in [9.17, 15) is 0 Å². The number of benzene rings is 4. The molecule has 0 N–H and O–H groups in total. The Labute approximate surface area is 211 Å². The van der Waals surface area contributed by atoms with Gasteiger partial charge >= 0.3 is 0 Å². The zero-order chi connectivity index (χ0) is 24.4. The van der Waals surface area contributed by atoms with Crippen LogP contribution in [0, 0.1) is 6.92 Å². The minimum atomic E-state index is -0.353. The molecule has 1 aromatic heterocycles. The summed E-state index contributed by atoms with van der Waals surface area (Å²) in [5, 5.41) is 0. The lowest BCUT2D eigenvalue weighted by molar-refractivity contribution is 0.792. The summed E-state index contributed by atoms with van der Waals surface area (Å²) in [6.07, 6.45) is 1.59. The topological polar surface area (TPSA) is 38.7 Å². The normalized spacial score (nSPS) is 13.9. The first kappa shape index (κ1) is 21.2. The molecular formula is C33H27N3. The maximum atomic E-state index is 4.84. The molecule has 0 fully saturated rings. The van der Waals surface area contributed by atoms with Crippen LogP contribution in [-0.4, -0.2) is 15.0 Å². The Morgan fingerprint density at radius 1 is 0.556 bits per heavy atom. The summed E-state index contributed by atoms with van der Waals surface area (Å²) in [5.41, 5.74) is 12.6. The van der Waals surface area contributed by atoms with Crippen molar-refractivity contribution in [3.8, 4) is 33.6 Å². The Kier molecular flexibility index (Phi) is 4.53. The average Bonchev–Trinajstić information content (AvgIpc) is 3.39. The molecule has 5 aromatic rings. The molecule has 0 radical (unpaired) electrons. The highest BCUT2D eigenvalue weighted by Gasteiger charge is 2.51. The molecule has 3 nitrogen and oxygen atoms in total. The molecule has 4 aromatic carbocycles. The third-order valence-corrected chi connectivity index (χ3v) is 7.86. The van der Waals surface area contributed by atoms with Crippen molar-refractivity contribution in [1.82, 2.24) is 15.0 Å². The van der Waals surface area contributed by atoms with Crippen molar-refractivity contribution in [1.29, 1.82) is 0 Å². The molecule has 174 valence electrons. The molecule has 36 heavy (non-hydrogen) atoms. The molecule has 7 rings (SSSR count). The zero-order valence-corrected chi connectivity index (χ0v) is 20.8. The maximum Gasteiger partial charge on any atom is 0.163 e. The highest BCUT2D eigenvalue weighted by Crippen LogP contribution is 2.63. The van der Waals surface area contributed by atoms with Gasteiger partial charge in [0.15, 0.2) is 5.82 Å². The summed E-state index contributed by atoms with van der Waals surface area (Å²) in [6.45, 7) is 6.39. The van der Waals surface area contributed by atoms with Gasteiger partial charge in [-0.2, -0.15) is 0 Å². The van der Waals surface area contributed by atoms with Crippen LogP contribution in [-0.2, 0) is 18.3 Å². The molecule has 0 saturated heterocycles. The number of hydrogen-bond acceptors (Lipinski definition) is 3. The lowest BCUT2D eigenvalue weighted by Crippen LogP contribution is -2.26. The van der Waals surface area contributed by atoms with E-state index in [2.05, 4.69) is 111 Å². The number of fused-ring (bicyclic) bond motifs is 10. The minimum Gasteiger partial charge on any atom is -0.218 e. The lowest BCUT2D eigenvalue weighted by atomic mass is 9.70. The van der Waals surface area contributed by atoms with Gasteiger partial charge < -0.3 is 0 Å². The van der Waals surface area contributed by atoms with Crippen molar-refractivity contribution >= 4 is 0 Å². The van der Waals surface area contributed by atoms with Crippen molar-refractivity contribution in [3.63, 3.8) is 0 Å². The fourth-order valence-corrected chi connectivity index (χ4v) is 6.31. The van der Waals surface area contributed by atoms with E-state index in [4.69, 9.17) is 9.97 Å². The third-order valence-electron chi connectivity index (χ3n) is 7.86. The summed E-state index contributed by atoms with van der Waals surface area (Å²) in [4.78, 5) is 14.3. The van der Waals surface area contributed by atoms with Crippen LogP contribution in [0.4, 0.5) is 0 Å². The Morgan fingerprint density at radius 3 is 1.69 bits per heavy atom. The monoisotopic (exact) mass is 465 g/mol. The van der Waals surface area contributed by atoms with Crippen molar-refractivity contribution in [2.24, 2.45) is 0 Å². The van der Waals surface area contributed by atoms with Crippen LogP contribution in [0.1, 0.15) is 53.3 Å². The lowest BCUT2D eigenvalue weighted by Gasteiger charge is -2.30. The largest absolute Gasteiger partial charge is 0.218 e. The standard InChI is InChI=1S/C33H27N3/c1-4-30-34-31(5-2)36-32(35-30)21-15-17-25-24-16-14-20(3)18-28(24)33(29(25)19-21)26-12-8-6-10-22(26)23-11-7-9-13-27(23)33/h6-19H,4-5H2,1-3H3. The predicted octanol–water partition coefficient (Wildman–Crippen LogP) is 7.32. The molecule has 1 spiro atoms. The van der Waals surface area contributed by atoms with Gasteiger partial charge in [0.2, 0.25) is 0 Å². The Balaban J connectivity index is 1.58. The molecule has 0 unspecified atom stereocenters. The van der Waals surface area contributed by atoms with E-state index in [-0.39, 0.29) is 5.41 Å². The van der Waals surface area contributed by atoms with Gasteiger partial charge in [-0.25, -0.2) is 15.0 Å². The van der Waals surface area contributed by atoms with Crippen LogP contribution in [0.2, 0.25) is 0 Å². The van der Waals surface area contributed by atoms with E-state index in [0.29, 0.717) is 0 Å². The molecule has 0 aliphatic heterocycles. The van der Waals surface area contributed by atoms with Crippen LogP contribution in [0.5, 0.6) is 0 Å². The van der Waals surface area contributed by atoms with Crippen molar-refractivity contribution in [3.05, 3.63) is 124 Å². The summed E-state index contributed by atoms with van der Waals surface area (Å²) in [6, 6.07) is 31.6. The zero-order valence-electron chi connectivity index (χ0n) is 20.8. The number of aromatic nitrogens is 3. The second kappa shape index (κ2) is 7.69. The van der Waals surface area contributed by atoms with Crippen LogP contribution in [0.15, 0.2) is 84.9 Å². The van der Waals surface area contributed by atoms with E-state index < -0.39 is 0 Å². The van der Waals surface area contributed by atoms with Gasteiger partial charge in [-0.15, -0.1) is 0 Å². The Bertz CT molecular complexity index is 1610. The van der Waals surface area contributed by atoms with Crippen LogP contribution in [0.25, 0.3) is 33.6 Å². The fourth-order valence-electron chi connectivity index (χ4n) is 6.31. The van der Waals surface area contributed by atoms with Crippen LogP contribution >= 0.6 is 0 Å². The van der Waals surface area contributed by atoms with Gasteiger partial charge in [0.05, 0.1) is 5.41 Å². The number of nitrogens with zero attached hydrogens (tertiary/aromatic N) is 3. The van der Waals surface area contributed by atoms with E-state index in [1.807, 2.05) is 0 Å². The molecule has 3 heteroatoms. The summed E-state index contributed by atoms with van der Waals surface area (Å²) >= 11 is 0. The van der Waals surface area contributed by atoms with Gasteiger partial charge in [-0.05, 0) is 57.5 Å². The quantitative estimate of drug-likeness (QED) is 0.274. The summed E-state index contributed by atoms with van der Waals surface area (Å²) in [5.74, 6) is 2.47. The molecular weight excluding hydrogens is 438 g/mol. The van der Waals surface area contributed by atoms with Crippen molar-refractivity contribution in [2.45, 2.75) is 39.0 Å². The molecule has 0 bridgehead atoms. The third kappa shape index (κ3) is 2.71. The number of aryl methyl sites for hydroxylation is 3. The molecule has 0 atom stereocenters. The van der Waals surface area contributed by atoms with E-state index in [1.165, 1.54) is 50.1 Å². The second-order valence-corrected chi connectivity index (χ2v) is 9.85. The van der Waals surface area contributed by atoms with Crippen molar-refractivity contribution in [2.75, 3.05) is 0 Å². The molecule has 1 heterocycles. The first-order valence-electron chi connectivity index (χ1n) is 12.8. The number of rotatable bonds is 3. The van der Waals surface area contributed by atoms with Gasteiger partial charge in [-0.3, -0.25) is 0 Å². The smallest absolute Gasteiger partial charge is 0.163 e. The summed E-state index contributed by atoms with van der Waals surface area (Å²) in [7, 11) is 0. The molecule has 0 amide bonds. The Morgan fingerprint density at radius 2 is 1.08 bits per heavy atom. The molecule has 0 saturated carbocycles. The predicted molar refractivity (Wildman–Crippen MR) is 145 cm³/mol. The fraction of sp³-hybridized carbons (Fsp3) is 0.182. The van der Waals surface area contributed by atoms with Crippen molar-refractivity contribution < 1.29 is 0 Å². The van der Waals surface area contributed by atoms with E-state index in [1.54, 1.807) is 0 Å². The first-order chi connectivity index (χ1) is 17.6. The van der Waals surface area contributed by atoms with Gasteiger partial charge in [0, 0.05) is 18.4 Å². The van der Waals surface area contributed by atoms with E-state index >= 15 is 0 Å². The van der Waals surface area contributed by atoms with Crippen LogP contribution < -0.4 is 0 Å². The maximum absolute atomic E-state index is 4.84.